The molecule has 0 radical (unpaired) electrons. The van der Waals surface area contributed by atoms with Crippen LogP contribution in [0.5, 0.6) is 0 Å². The molecule has 8 atom stereocenters. The van der Waals surface area contributed by atoms with Crippen molar-refractivity contribution in [2.24, 2.45) is 23.7 Å². The van der Waals surface area contributed by atoms with E-state index >= 15 is 0 Å². The van der Waals surface area contributed by atoms with E-state index in [2.05, 4.69) is 38.3 Å². The van der Waals surface area contributed by atoms with Crippen molar-refractivity contribution in [2.45, 2.75) is 310 Å². The van der Waals surface area contributed by atoms with Gasteiger partial charge in [0.05, 0.1) is 17.9 Å². The SMILES string of the molecule is CCCCCCCCCCC[C@@H](C[C@H](O)[C@@H](CCCCCC)C(=O)N[C@@H](CC(C)C)C(=O)O[C@@H](CCCCCCCCCCC)C[C@@H]1OC(=O)[C@H]1CCCCCC)OC(=O)[C@H](CC(C)C)NC=O. The number of cyclic esters (lactones) is 1. The highest BCUT2D eigenvalue weighted by Crippen LogP contribution is 2.33. The lowest BCUT2D eigenvalue weighted by molar-refractivity contribution is -0.190. The normalized spacial score (nSPS) is 17.4. The van der Waals surface area contributed by atoms with Gasteiger partial charge in [0.25, 0.3) is 0 Å². The summed E-state index contributed by atoms with van der Waals surface area (Å²) < 4.78 is 18.1. The number of hydrogen-bond donors (Lipinski definition) is 3. The Morgan fingerprint density at radius 2 is 0.985 bits per heavy atom. The monoisotopic (exact) mass is 963 g/mol. The zero-order chi connectivity index (χ0) is 50.4. The summed E-state index contributed by atoms with van der Waals surface area (Å²) in [6, 6.07) is -1.72. The van der Waals surface area contributed by atoms with Gasteiger partial charge in [-0.05, 0) is 63.2 Å². The van der Waals surface area contributed by atoms with Gasteiger partial charge < -0.3 is 30.0 Å². The van der Waals surface area contributed by atoms with E-state index in [1.165, 1.54) is 70.6 Å². The molecular formula is C57H106N2O9. The Morgan fingerprint density at radius 1 is 0.574 bits per heavy atom. The molecule has 0 aromatic heterocycles. The molecule has 1 saturated heterocycles. The first-order chi connectivity index (χ1) is 32.8. The van der Waals surface area contributed by atoms with Crippen LogP contribution in [0.4, 0.5) is 0 Å². The highest BCUT2D eigenvalue weighted by Gasteiger charge is 2.44. The average Bonchev–Trinajstić information content (AvgIpc) is 3.29. The van der Waals surface area contributed by atoms with E-state index in [-0.39, 0.29) is 36.2 Å². The fraction of sp³-hybridized carbons (Fsp3) is 0.912. The third-order valence-corrected chi connectivity index (χ3v) is 14.0. The summed E-state index contributed by atoms with van der Waals surface area (Å²) in [4.78, 5) is 66.5. The van der Waals surface area contributed by atoms with Crippen LogP contribution in [0.1, 0.15) is 274 Å². The Hall–Kier alpha value is -2.69. The number of ether oxygens (including phenoxy) is 3. The second kappa shape index (κ2) is 41.0. The van der Waals surface area contributed by atoms with Gasteiger partial charge in [-0.1, -0.05) is 209 Å². The molecule has 3 N–H and O–H groups in total. The molecule has 0 bridgehead atoms. The van der Waals surface area contributed by atoms with Crippen molar-refractivity contribution in [1.29, 1.82) is 0 Å². The molecule has 68 heavy (non-hydrogen) atoms. The quantitative estimate of drug-likeness (QED) is 0.0234. The number of unbranched alkanes of at least 4 members (excludes halogenated alkanes) is 22. The summed E-state index contributed by atoms with van der Waals surface area (Å²) in [6.45, 7) is 16.7. The third kappa shape index (κ3) is 30.1. The fourth-order valence-corrected chi connectivity index (χ4v) is 9.75. The minimum absolute atomic E-state index is 0.0653. The number of carbonyl (C=O) groups excluding carboxylic acids is 5. The highest BCUT2D eigenvalue weighted by atomic mass is 16.6. The summed E-state index contributed by atoms with van der Waals surface area (Å²) in [6.07, 6.45) is 30.5. The predicted octanol–water partition coefficient (Wildman–Crippen LogP) is 13.6. The van der Waals surface area contributed by atoms with Gasteiger partial charge in [-0.2, -0.15) is 0 Å². The minimum Gasteiger partial charge on any atom is -0.461 e. The van der Waals surface area contributed by atoms with E-state index in [9.17, 15) is 29.1 Å². The fourth-order valence-electron chi connectivity index (χ4n) is 9.75. The van der Waals surface area contributed by atoms with Crippen molar-refractivity contribution in [3.05, 3.63) is 0 Å². The molecule has 1 fully saturated rings. The van der Waals surface area contributed by atoms with E-state index in [1.54, 1.807) is 0 Å². The second-order valence-corrected chi connectivity index (χ2v) is 21.4. The largest absolute Gasteiger partial charge is 0.461 e. The Bertz CT molecular complexity index is 1290. The van der Waals surface area contributed by atoms with E-state index in [1.807, 2.05) is 27.7 Å². The van der Waals surface area contributed by atoms with Crippen LogP contribution in [-0.2, 0) is 38.2 Å². The van der Waals surface area contributed by atoms with E-state index in [0.717, 1.165) is 103 Å². The molecule has 11 heteroatoms. The number of aliphatic hydroxyl groups is 1. The van der Waals surface area contributed by atoms with E-state index < -0.39 is 54.2 Å². The molecule has 0 aliphatic carbocycles. The summed E-state index contributed by atoms with van der Waals surface area (Å²) in [5, 5.41) is 17.7. The van der Waals surface area contributed by atoms with Gasteiger partial charge in [-0.15, -0.1) is 0 Å². The lowest BCUT2D eigenvalue weighted by atomic mass is 9.86. The third-order valence-electron chi connectivity index (χ3n) is 14.0. The first-order valence-electron chi connectivity index (χ1n) is 28.6. The number of nitrogens with one attached hydrogen (secondary N) is 2. The smallest absolute Gasteiger partial charge is 0.328 e. The Balaban J connectivity index is 3.28. The van der Waals surface area contributed by atoms with Crippen molar-refractivity contribution in [1.82, 2.24) is 10.6 Å². The number of hydrogen-bond acceptors (Lipinski definition) is 9. The number of amides is 2. The van der Waals surface area contributed by atoms with Gasteiger partial charge in [-0.25, -0.2) is 9.59 Å². The van der Waals surface area contributed by atoms with E-state index in [0.29, 0.717) is 44.9 Å². The highest BCUT2D eigenvalue weighted by molar-refractivity contribution is 5.86. The zero-order valence-electron chi connectivity index (χ0n) is 45.1. The molecular weight excluding hydrogens is 857 g/mol. The van der Waals surface area contributed by atoms with Gasteiger partial charge in [0.15, 0.2) is 0 Å². The summed E-state index contributed by atoms with van der Waals surface area (Å²) in [5.74, 6) is -2.39. The van der Waals surface area contributed by atoms with Crippen LogP contribution in [0.3, 0.4) is 0 Å². The van der Waals surface area contributed by atoms with Crippen molar-refractivity contribution < 1.29 is 43.3 Å². The molecule has 1 rings (SSSR count). The van der Waals surface area contributed by atoms with E-state index in [4.69, 9.17) is 14.2 Å². The molecule has 0 unspecified atom stereocenters. The molecule has 11 nitrogen and oxygen atoms in total. The van der Waals surface area contributed by atoms with Gasteiger partial charge in [0.1, 0.15) is 30.4 Å². The van der Waals surface area contributed by atoms with Crippen LogP contribution in [0.2, 0.25) is 0 Å². The number of esters is 3. The van der Waals surface area contributed by atoms with Crippen molar-refractivity contribution in [3.8, 4) is 0 Å². The predicted molar refractivity (Wildman–Crippen MR) is 277 cm³/mol. The lowest BCUT2D eigenvalue weighted by Crippen LogP contribution is -2.50. The van der Waals surface area contributed by atoms with Crippen LogP contribution < -0.4 is 10.6 Å². The maximum Gasteiger partial charge on any atom is 0.328 e. The number of carbonyl (C=O) groups is 5. The number of rotatable bonds is 47. The van der Waals surface area contributed by atoms with Crippen LogP contribution >= 0.6 is 0 Å². The summed E-state index contributed by atoms with van der Waals surface area (Å²) in [7, 11) is 0. The summed E-state index contributed by atoms with van der Waals surface area (Å²) >= 11 is 0. The molecule has 2 amide bonds. The maximum atomic E-state index is 14.5. The second-order valence-electron chi connectivity index (χ2n) is 21.4. The zero-order valence-corrected chi connectivity index (χ0v) is 45.1. The average molecular weight is 963 g/mol. The van der Waals surface area contributed by atoms with Gasteiger partial charge in [0, 0.05) is 12.8 Å². The minimum atomic E-state index is -1.13. The number of aliphatic hydroxyl groups excluding tert-OH is 1. The van der Waals surface area contributed by atoms with Gasteiger partial charge >= 0.3 is 17.9 Å². The molecule has 1 aliphatic rings. The van der Waals surface area contributed by atoms with Crippen molar-refractivity contribution in [3.63, 3.8) is 0 Å². The van der Waals surface area contributed by atoms with Crippen molar-refractivity contribution >= 4 is 30.2 Å². The Kier molecular flexibility index (Phi) is 38.2. The van der Waals surface area contributed by atoms with Crippen LogP contribution in [0.25, 0.3) is 0 Å². The van der Waals surface area contributed by atoms with Crippen LogP contribution in [-0.4, -0.2) is 71.8 Å². The summed E-state index contributed by atoms with van der Waals surface area (Å²) in [5.41, 5.74) is 0. The molecule has 0 aromatic carbocycles. The molecule has 0 aromatic rings. The topological polar surface area (TPSA) is 157 Å². The van der Waals surface area contributed by atoms with Crippen LogP contribution in [0.15, 0.2) is 0 Å². The molecule has 1 aliphatic heterocycles. The van der Waals surface area contributed by atoms with Crippen molar-refractivity contribution in [2.75, 3.05) is 0 Å². The van der Waals surface area contributed by atoms with Crippen LogP contribution in [0, 0.1) is 23.7 Å². The maximum absolute atomic E-state index is 14.5. The molecule has 0 saturated carbocycles. The molecule has 1 heterocycles. The molecule has 0 spiro atoms. The first-order valence-corrected chi connectivity index (χ1v) is 28.6. The van der Waals surface area contributed by atoms with Gasteiger partial charge in [-0.3, -0.25) is 14.4 Å². The lowest BCUT2D eigenvalue weighted by Gasteiger charge is -2.37. The standard InChI is InChI=1S/C57H106N2O9/c1-9-13-17-21-23-25-27-29-31-35-46(66-56(64)50(58-43-60)39-44(5)6)41-52(61)48(37-33-19-15-11-3)54(62)59-51(40-45(7)8)57(65)67-47(36-32-30-28-26-24-22-18-14-10-2)42-53-49(55(63)68-53)38-34-20-16-12-4/h43-53,61H,9-42H2,1-8H3,(H,58,60)(H,59,62)/t46-,47-,48+,49-,50-,51-,52-,53-/m0/s1. The van der Waals surface area contributed by atoms with Gasteiger partial charge in [0.2, 0.25) is 12.3 Å². The molecule has 398 valence electrons. The Labute approximate surface area is 416 Å². The first kappa shape index (κ1) is 63.3. The Morgan fingerprint density at radius 3 is 1.47 bits per heavy atom.